The average Bonchev–Trinajstić information content (AvgIpc) is 2.35. The molecule has 0 spiro atoms. The predicted octanol–water partition coefficient (Wildman–Crippen LogP) is 0.181. The van der Waals surface area contributed by atoms with E-state index < -0.39 is 10.0 Å². The molecule has 1 aliphatic rings. The lowest BCUT2D eigenvalue weighted by Gasteiger charge is -2.20. The molecule has 4 nitrogen and oxygen atoms in total. The summed E-state index contributed by atoms with van der Waals surface area (Å²) >= 11 is 0. The Hall–Kier alpha value is 0.160. The van der Waals surface area contributed by atoms with E-state index in [1.807, 2.05) is 6.92 Å². The van der Waals surface area contributed by atoms with E-state index in [9.17, 15) is 8.42 Å². The Labute approximate surface area is 85.9 Å². The van der Waals surface area contributed by atoms with Gasteiger partial charge in [-0.05, 0) is 19.8 Å². The molecule has 1 rings (SSSR count). The van der Waals surface area contributed by atoms with Gasteiger partial charge in [0.15, 0.2) is 0 Å². The fraction of sp³-hybridized carbons (Fsp3) is 1.00. The lowest BCUT2D eigenvalue weighted by molar-refractivity contribution is 0.408. The number of halogens is 1. The van der Waals surface area contributed by atoms with Gasteiger partial charge in [-0.1, -0.05) is 0 Å². The molecule has 0 radical (unpaired) electrons. The Bertz CT molecular complexity index is 243. The molecule has 0 aliphatic carbocycles. The molecule has 13 heavy (non-hydrogen) atoms. The topological polar surface area (TPSA) is 63.4 Å². The van der Waals surface area contributed by atoms with Gasteiger partial charge in [0.05, 0.1) is 5.75 Å². The van der Waals surface area contributed by atoms with E-state index in [1.54, 1.807) is 4.31 Å². The van der Waals surface area contributed by atoms with Crippen molar-refractivity contribution < 1.29 is 8.42 Å². The fourth-order valence-corrected chi connectivity index (χ4v) is 3.18. The third kappa shape index (κ3) is 3.09. The molecule has 1 saturated heterocycles. The molecule has 1 fully saturated rings. The van der Waals surface area contributed by atoms with Crippen LogP contribution in [0, 0.1) is 0 Å². The zero-order valence-electron chi connectivity index (χ0n) is 7.77. The molecular formula is C7H17ClN2O2S. The lowest BCUT2D eigenvalue weighted by atomic mass is 10.3. The van der Waals surface area contributed by atoms with Gasteiger partial charge in [0.2, 0.25) is 10.0 Å². The van der Waals surface area contributed by atoms with Crippen molar-refractivity contribution in [3.63, 3.8) is 0 Å². The van der Waals surface area contributed by atoms with Crippen molar-refractivity contribution in [1.82, 2.24) is 4.31 Å². The van der Waals surface area contributed by atoms with Crippen molar-refractivity contribution in [2.75, 3.05) is 18.8 Å². The van der Waals surface area contributed by atoms with Crippen molar-refractivity contribution in [2.24, 2.45) is 5.73 Å². The Balaban J connectivity index is 0.00000144. The standard InChI is InChI=1S/C7H16N2O2S.ClH/c1-7-3-2-5-9(7)12(10,11)6-4-8;/h7H,2-6,8H2,1H3;1H. The van der Waals surface area contributed by atoms with Crippen LogP contribution in [0.15, 0.2) is 0 Å². The van der Waals surface area contributed by atoms with E-state index in [-0.39, 0.29) is 30.7 Å². The molecule has 0 bridgehead atoms. The van der Waals surface area contributed by atoms with Crippen LogP contribution in [0.5, 0.6) is 0 Å². The van der Waals surface area contributed by atoms with Gasteiger partial charge in [-0.3, -0.25) is 0 Å². The van der Waals surface area contributed by atoms with Crippen LogP contribution in [-0.4, -0.2) is 37.6 Å². The molecule has 0 aromatic heterocycles. The molecule has 0 saturated carbocycles. The Morgan fingerprint density at radius 3 is 2.54 bits per heavy atom. The van der Waals surface area contributed by atoms with Gasteiger partial charge in [0, 0.05) is 19.1 Å². The maximum Gasteiger partial charge on any atom is 0.215 e. The minimum Gasteiger partial charge on any atom is -0.329 e. The minimum atomic E-state index is -3.05. The molecule has 0 aromatic rings. The highest BCUT2D eigenvalue weighted by atomic mass is 35.5. The molecule has 1 heterocycles. The summed E-state index contributed by atoms with van der Waals surface area (Å²) in [6, 6.07) is 0.168. The van der Waals surface area contributed by atoms with E-state index in [4.69, 9.17) is 5.73 Å². The quantitative estimate of drug-likeness (QED) is 0.750. The predicted molar refractivity (Wildman–Crippen MR) is 55.5 cm³/mol. The summed E-state index contributed by atoms with van der Waals surface area (Å²) < 4.78 is 24.5. The zero-order chi connectivity index (χ0) is 9.19. The van der Waals surface area contributed by atoms with Gasteiger partial charge in [0.25, 0.3) is 0 Å². The van der Waals surface area contributed by atoms with Gasteiger partial charge in [-0.2, -0.15) is 4.31 Å². The molecule has 0 aromatic carbocycles. The van der Waals surface area contributed by atoms with E-state index in [2.05, 4.69) is 0 Å². The molecule has 80 valence electrons. The maximum absolute atomic E-state index is 11.5. The van der Waals surface area contributed by atoms with E-state index >= 15 is 0 Å². The number of hydrogen-bond acceptors (Lipinski definition) is 3. The van der Waals surface area contributed by atoms with Crippen LogP contribution in [0.1, 0.15) is 19.8 Å². The summed E-state index contributed by atoms with van der Waals surface area (Å²) in [6.45, 7) is 2.83. The highest BCUT2D eigenvalue weighted by molar-refractivity contribution is 7.89. The first-order valence-electron chi connectivity index (χ1n) is 4.27. The highest BCUT2D eigenvalue weighted by Gasteiger charge is 2.30. The second-order valence-electron chi connectivity index (χ2n) is 3.21. The van der Waals surface area contributed by atoms with Crippen molar-refractivity contribution in [3.8, 4) is 0 Å². The van der Waals surface area contributed by atoms with Gasteiger partial charge in [-0.15, -0.1) is 12.4 Å². The first-order valence-corrected chi connectivity index (χ1v) is 5.88. The number of nitrogens with two attached hydrogens (primary N) is 1. The second-order valence-corrected chi connectivity index (χ2v) is 5.25. The summed E-state index contributed by atoms with van der Waals surface area (Å²) in [7, 11) is -3.05. The largest absolute Gasteiger partial charge is 0.329 e. The summed E-state index contributed by atoms with van der Waals surface area (Å²) in [5, 5.41) is 0. The van der Waals surface area contributed by atoms with Gasteiger partial charge in [-0.25, -0.2) is 8.42 Å². The van der Waals surface area contributed by atoms with Gasteiger partial charge < -0.3 is 5.73 Å². The highest BCUT2D eigenvalue weighted by Crippen LogP contribution is 2.20. The van der Waals surface area contributed by atoms with E-state index in [0.717, 1.165) is 12.8 Å². The monoisotopic (exact) mass is 228 g/mol. The first-order chi connectivity index (χ1) is 5.58. The number of hydrogen-bond donors (Lipinski definition) is 1. The van der Waals surface area contributed by atoms with Crippen molar-refractivity contribution >= 4 is 22.4 Å². The summed E-state index contributed by atoms with van der Waals surface area (Å²) in [5.74, 6) is 0.0807. The molecule has 1 unspecified atom stereocenters. The molecule has 1 aliphatic heterocycles. The normalized spacial score (nSPS) is 24.3. The van der Waals surface area contributed by atoms with Crippen LogP contribution in [0.25, 0.3) is 0 Å². The zero-order valence-corrected chi connectivity index (χ0v) is 9.40. The molecule has 1 atom stereocenters. The first kappa shape index (κ1) is 13.2. The summed E-state index contributed by atoms with van der Waals surface area (Å²) in [4.78, 5) is 0. The second kappa shape index (κ2) is 5.14. The van der Waals surface area contributed by atoms with E-state index in [0.29, 0.717) is 6.54 Å². The molecule has 2 N–H and O–H groups in total. The number of rotatable bonds is 3. The molecule has 6 heteroatoms. The third-order valence-electron chi connectivity index (χ3n) is 2.23. The average molecular weight is 229 g/mol. The molecular weight excluding hydrogens is 212 g/mol. The van der Waals surface area contributed by atoms with Crippen molar-refractivity contribution in [2.45, 2.75) is 25.8 Å². The van der Waals surface area contributed by atoms with Gasteiger partial charge in [0.1, 0.15) is 0 Å². The molecule has 0 amide bonds. The van der Waals surface area contributed by atoms with Crippen LogP contribution in [0.4, 0.5) is 0 Å². The summed E-state index contributed by atoms with van der Waals surface area (Å²) in [6.07, 6.45) is 1.95. The minimum absolute atomic E-state index is 0. The maximum atomic E-state index is 11.5. The number of sulfonamides is 1. The van der Waals surface area contributed by atoms with E-state index in [1.165, 1.54) is 0 Å². The SMILES string of the molecule is CC1CCCN1S(=O)(=O)CCN.Cl. The summed E-state index contributed by atoms with van der Waals surface area (Å²) in [5.41, 5.74) is 5.22. The smallest absolute Gasteiger partial charge is 0.215 e. The third-order valence-corrected chi connectivity index (χ3v) is 4.23. The van der Waals surface area contributed by atoms with Crippen LogP contribution < -0.4 is 5.73 Å². The Morgan fingerprint density at radius 2 is 2.15 bits per heavy atom. The van der Waals surface area contributed by atoms with Crippen LogP contribution in [-0.2, 0) is 10.0 Å². The fourth-order valence-electron chi connectivity index (χ4n) is 1.59. The van der Waals surface area contributed by atoms with Crippen LogP contribution >= 0.6 is 12.4 Å². The lowest BCUT2D eigenvalue weighted by Crippen LogP contribution is -2.37. The van der Waals surface area contributed by atoms with Crippen molar-refractivity contribution in [1.29, 1.82) is 0 Å². The van der Waals surface area contributed by atoms with Crippen LogP contribution in [0.2, 0.25) is 0 Å². The Kier molecular flexibility index (Phi) is 5.21. The Morgan fingerprint density at radius 1 is 1.54 bits per heavy atom. The van der Waals surface area contributed by atoms with Gasteiger partial charge >= 0.3 is 0 Å². The van der Waals surface area contributed by atoms with Crippen LogP contribution in [0.3, 0.4) is 0 Å². The number of nitrogens with zero attached hydrogens (tertiary/aromatic N) is 1. The van der Waals surface area contributed by atoms with Crippen molar-refractivity contribution in [3.05, 3.63) is 0 Å².